The number of hydrogen-bond acceptors (Lipinski definition) is 4. The van der Waals surface area contributed by atoms with E-state index in [1.165, 1.54) is 25.7 Å². The molecule has 2 unspecified atom stereocenters. The first-order chi connectivity index (χ1) is 9.79. The maximum atomic E-state index is 7.56. The van der Waals surface area contributed by atoms with E-state index in [1.54, 1.807) is 0 Å². The van der Waals surface area contributed by atoms with Gasteiger partial charge in [0.25, 0.3) is 0 Å². The molecular weight excluding hydrogens is 374 g/mol. The lowest BCUT2D eigenvalue weighted by Crippen LogP contribution is -1.94. The number of hydrogen-bond donors (Lipinski definition) is 6. The van der Waals surface area contributed by atoms with Crippen molar-refractivity contribution in [1.82, 2.24) is 0 Å². The van der Waals surface area contributed by atoms with Crippen LogP contribution in [0.5, 0.6) is 0 Å². The molecule has 0 spiro atoms. The highest BCUT2D eigenvalue weighted by Gasteiger charge is 2.07. The Bertz CT molecular complexity index is 296. The highest BCUT2D eigenvalue weighted by atomic mass is 32.5. The molecule has 22 heavy (non-hydrogen) atoms. The molecule has 6 N–H and O–H groups in total. The minimum Gasteiger partial charge on any atom is -0.379 e. The Morgan fingerprint density at radius 1 is 0.727 bits per heavy atom. The van der Waals surface area contributed by atoms with E-state index in [1.807, 2.05) is 0 Å². The molecule has 0 saturated carbocycles. The van der Waals surface area contributed by atoms with E-state index in [0.717, 1.165) is 13.2 Å². The van der Waals surface area contributed by atoms with Gasteiger partial charge in [-0.15, -0.1) is 0 Å². The topological polar surface area (TPSA) is 140 Å². The third-order valence-electron chi connectivity index (χ3n) is 2.31. The largest absolute Gasteiger partial charge is 0.379 e. The monoisotopic (exact) mass is 400 g/mol. The molecule has 2 aliphatic rings. The zero-order chi connectivity index (χ0) is 17.8. The zero-order valence-electron chi connectivity index (χ0n) is 12.6. The molecule has 0 amide bonds. The molecule has 0 aromatic heterocycles. The van der Waals surface area contributed by atoms with E-state index >= 15 is 0 Å². The van der Waals surface area contributed by atoms with E-state index in [0.29, 0.717) is 12.2 Å². The van der Waals surface area contributed by atoms with Crippen molar-refractivity contribution in [3.8, 4) is 0 Å². The Kier molecular flexibility index (Phi) is 15.2. The molecule has 8 nitrogen and oxygen atoms in total. The van der Waals surface area contributed by atoms with Gasteiger partial charge in [-0.25, -0.2) is 0 Å². The van der Waals surface area contributed by atoms with Crippen LogP contribution in [0.15, 0.2) is 0 Å². The fraction of sp³-hybridized carbons (Fsp3) is 1.00. The van der Waals surface area contributed by atoms with Gasteiger partial charge < -0.3 is 38.8 Å². The van der Waals surface area contributed by atoms with Gasteiger partial charge in [-0.1, -0.05) is 0 Å². The van der Waals surface area contributed by atoms with Gasteiger partial charge in [0.1, 0.15) is 0 Å². The summed E-state index contributed by atoms with van der Waals surface area (Å²) in [6, 6.07) is 0. The maximum absolute atomic E-state index is 7.56. The molecule has 0 aromatic rings. The minimum atomic E-state index is -3.81. The normalized spacial score (nSPS) is 24.2. The van der Waals surface area contributed by atoms with Gasteiger partial charge in [0.05, 0.1) is 12.2 Å². The van der Waals surface area contributed by atoms with E-state index < -0.39 is 13.4 Å². The fourth-order valence-corrected chi connectivity index (χ4v) is 1.48. The molecule has 2 saturated heterocycles. The summed E-state index contributed by atoms with van der Waals surface area (Å²) in [7, 11) is 0. The molecule has 0 aliphatic carbocycles. The fourth-order valence-electron chi connectivity index (χ4n) is 1.48. The Morgan fingerprint density at radius 3 is 1.00 bits per heavy atom. The molecule has 2 heterocycles. The third-order valence-corrected chi connectivity index (χ3v) is 2.31. The van der Waals surface area contributed by atoms with Crippen LogP contribution in [0.4, 0.5) is 0 Å². The van der Waals surface area contributed by atoms with Gasteiger partial charge in [0, 0.05) is 13.2 Å². The predicted octanol–water partition coefficient (Wildman–Crippen LogP) is 0.746. The smallest absolute Gasteiger partial charge is 0.319 e. The van der Waals surface area contributed by atoms with Crippen molar-refractivity contribution in [1.29, 1.82) is 0 Å². The summed E-state index contributed by atoms with van der Waals surface area (Å²) in [5.41, 5.74) is 0. The van der Waals surface area contributed by atoms with Crippen molar-refractivity contribution in [2.75, 3.05) is 13.2 Å². The van der Waals surface area contributed by atoms with Crippen LogP contribution in [0.3, 0.4) is 0 Å². The summed E-state index contributed by atoms with van der Waals surface area (Å²) in [6.07, 6.45) is 6.15. The molecular formula is C10H26O8P2S2. The van der Waals surface area contributed by atoms with Crippen LogP contribution < -0.4 is 0 Å². The van der Waals surface area contributed by atoms with Crippen molar-refractivity contribution in [3.05, 3.63) is 0 Å². The Labute approximate surface area is 141 Å². The van der Waals surface area contributed by atoms with Crippen molar-refractivity contribution in [2.24, 2.45) is 0 Å². The lowest BCUT2D eigenvalue weighted by Gasteiger charge is -1.94. The zero-order valence-corrected chi connectivity index (χ0v) is 16.0. The first-order valence-corrected chi connectivity index (χ1v) is 11.9. The molecule has 0 bridgehead atoms. The van der Waals surface area contributed by atoms with E-state index in [2.05, 4.69) is 37.5 Å². The van der Waals surface area contributed by atoms with Crippen molar-refractivity contribution in [3.63, 3.8) is 0 Å². The highest BCUT2D eigenvalue weighted by molar-refractivity contribution is 8.06. The van der Waals surface area contributed by atoms with E-state index in [9.17, 15) is 0 Å². The van der Waals surface area contributed by atoms with Crippen molar-refractivity contribution < 1.29 is 38.8 Å². The van der Waals surface area contributed by atoms with Crippen LogP contribution in [-0.2, 0) is 33.1 Å². The molecule has 2 aliphatic heterocycles. The first kappa shape index (κ1) is 25.2. The van der Waals surface area contributed by atoms with Crippen LogP contribution in [0.2, 0.25) is 0 Å². The Morgan fingerprint density at radius 2 is 0.955 bits per heavy atom. The van der Waals surface area contributed by atoms with Gasteiger partial charge in [0.2, 0.25) is 0 Å². The Hall–Kier alpha value is 0.980. The van der Waals surface area contributed by atoms with Gasteiger partial charge in [-0.05, 0) is 63.1 Å². The second-order valence-electron chi connectivity index (χ2n) is 4.67. The summed E-state index contributed by atoms with van der Waals surface area (Å²) in [5, 5.41) is 0. The summed E-state index contributed by atoms with van der Waals surface area (Å²) < 4.78 is 10.3. The Balaban J connectivity index is 0. The quantitative estimate of drug-likeness (QED) is 0.323. The van der Waals surface area contributed by atoms with Gasteiger partial charge in [-0.3, -0.25) is 0 Å². The van der Waals surface area contributed by atoms with Gasteiger partial charge in [-0.2, -0.15) is 0 Å². The van der Waals surface area contributed by atoms with Crippen LogP contribution >= 0.6 is 13.4 Å². The van der Waals surface area contributed by atoms with Crippen molar-refractivity contribution in [2.45, 2.75) is 51.7 Å². The second-order valence-corrected chi connectivity index (χ2v) is 9.67. The minimum absolute atomic E-state index is 0.546. The first-order valence-electron chi connectivity index (χ1n) is 6.59. The number of ether oxygens (including phenoxy) is 2. The lowest BCUT2D eigenvalue weighted by atomic mass is 10.3. The maximum Gasteiger partial charge on any atom is 0.319 e. The second kappa shape index (κ2) is 13.3. The summed E-state index contributed by atoms with van der Waals surface area (Å²) in [6.45, 7) is -1.40. The standard InChI is InChI=1S/2C5H10O.2H3O3PS/c2*1-5-3-2-4-6-5;2*1-4(2,3)5/h2*5H,2-4H2,1H3;2*(H3,1,2,3,5). The molecule has 2 atom stereocenters. The van der Waals surface area contributed by atoms with Crippen LogP contribution in [0.1, 0.15) is 39.5 Å². The van der Waals surface area contributed by atoms with Gasteiger partial charge >= 0.3 is 13.4 Å². The molecule has 0 aromatic carbocycles. The lowest BCUT2D eigenvalue weighted by molar-refractivity contribution is 0.125. The average Bonchev–Trinajstić information content (AvgIpc) is 2.87. The van der Waals surface area contributed by atoms with E-state index in [-0.39, 0.29) is 0 Å². The number of rotatable bonds is 0. The summed E-state index contributed by atoms with van der Waals surface area (Å²) in [5.74, 6) is 0. The molecule has 136 valence electrons. The third kappa shape index (κ3) is 37.3. The molecule has 0 radical (unpaired) electrons. The summed E-state index contributed by atoms with van der Waals surface area (Å²) in [4.78, 5) is 45.3. The van der Waals surface area contributed by atoms with Gasteiger partial charge in [0.15, 0.2) is 0 Å². The highest BCUT2D eigenvalue weighted by Crippen LogP contribution is 2.26. The summed E-state index contributed by atoms with van der Waals surface area (Å²) >= 11 is 7.21. The van der Waals surface area contributed by atoms with Crippen molar-refractivity contribution >= 4 is 37.1 Å². The average molecular weight is 400 g/mol. The van der Waals surface area contributed by atoms with Crippen LogP contribution in [0, 0.1) is 0 Å². The molecule has 2 fully saturated rings. The SMILES string of the molecule is CC1CCCO1.CC1CCCO1.OP(O)(O)=S.OP(O)(O)=S. The molecule has 12 heteroatoms. The van der Waals surface area contributed by atoms with Crippen LogP contribution in [-0.4, -0.2) is 54.8 Å². The van der Waals surface area contributed by atoms with Crippen LogP contribution in [0.25, 0.3) is 0 Å². The van der Waals surface area contributed by atoms with E-state index in [4.69, 9.17) is 38.8 Å². The predicted molar refractivity (Wildman–Crippen MR) is 91.2 cm³/mol. The molecule has 2 rings (SSSR count).